The second-order valence-electron chi connectivity index (χ2n) is 3.49. The van der Waals surface area contributed by atoms with Crippen molar-refractivity contribution < 1.29 is 12.8 Å². The second-order valence-corrected chi connectivity index (χ2v) is 5.17. The summed E-state index contributed by atoms with van der Waals surface area (Å²) < 4.78 is 39.0. The molecule has 0 fully saturated rings. The van der Waals surface area contributed by atoms with Crippen LogP contribution in [0.4, 0.5) is 10.2 Å². The lowest BCUT2D eigenvalue weighted by Crippen LogP contribution is -2.14. The predicted octanol–water partition coefficient (Wildman–Crippen LogP) is 1.66. The molecule has 0 atom stereocenters. The van der Waals surface area contributed by atoms with Crippen LogP contribution in [0.15, 0.2) is 35.4 Å². The van der Waals surface area contributed by atoms with Gasteiger partial charge in [-0.15, -0.1) is 0 Å². The van der Waals surface area contributed by atoms with E-state index >= 15 is 0 Å². The molecule has 7 heteroatoms. The highest BCUT2D eigenvalue weighted by molar-refractivity contribution is 7.92. The standard InChI is InChI=1S/C10H10FN3O2S/c1-7-6-12-13-10(7)14-17(15,16)9-4-2-3-8(11)5-9/h2-6H,1H3,(H2,12,13,14). The lowest BCUT2D eigenvalue weighted by atomic mass is 10.4. The van der Waals surface area contributed by atoms with Crippen LogP contribution in [-0.4, -0.2) is 18.6 Å². The summed E-state index contributed by atoms with van der Waals surface area (Å²) >= 11 is 0. The zero-order valence-corrected chi connectivity index (χ0v) is 9.75. The highest BCUT2D eigenvalue weighted by Gasteiger charge is 2.16. The summed E-state index contributed by atoms with van der Waals surface area (Å²) in [4.78, 5) is -0.133. The molecule has 2 N–H and O–H groups in total. The minimum atomic E-state index is -3.79. The number of benzene rings is 1. The maximum Gasteiger partial charge on any atom is 0.263 e. The van der Waals surface area contributed by atoms with Gasteiger partial charge in [-0.05, 0) is 25.1 Å². The number of H-pyrrole nitrogens is 1. The molecule has 0 bridgehead atoms. The van der Waals surface area contributed by atoms with Crippen molar-refractivity contribution in [3.8, 4) is 0 Å². The molecule has 0 radical (unpaired) electrons. The highest BCUT2D eigenvalue weighted by Crippen LogP contribution is 2.17. The van der Waals surface area contributed by atoms with E-state index in [2.05, 4.69) is 14.9 Å². The molecule has 0 amide bonds. The summed E-state index contributed by atoms with van der Waals surface area (Å²) in [7, 11) is -3.79. The van der Waals surface area contributed by atoms with Crippen molar-refractivity contribution in [2.45, 2.75) is 11.8 Å². The Kier molecular flexibility index (Phi) is 2.84. The van der Waals surface area contributed by atoms with Gasteiger partial charge in [-0.2, -0.15) is 5.10 Å². The average Bonchev–Trinajstić information content (AvgIpc) is 2.64. The minimum Gasteiger partial charge on any atom is -0.264 e. The Balaban J connectivity index is 2.35. The van der Waals surface area contributed by atoms with Gasteiger partial charge in [-0.25, -0.2) is 12.8 Å². The fourth-order valence-electron chi connectivity index (χ4n) is 1.28. The van der Waals surface area contributed by atoms with E-state index in [0.717, 1.165) is 6.07 Å². The number of nitrogens with zero attached hydrogens (tertiary/aromatic N) is 1. The minimum absolute atomic E-state index is 0.133. The zero-order valence-electron chi connectivity index (χ0n) is 8.94. The van der Waals surface area contributed by atoms with Gasteiger partial charge in [0.2, 0.25) is 0 Å². The van der Waals surface area contributed by atoms with Crippen LogP contribution in [0.5, 0.6) is 0 Å². The first-order valence-electron chi connectivity index (χ1n) is 4.77. The maximum atomic E-state index is 12.9. The first-order valence-corrected chi connectivity index (χ1v) is 6.26. The Morgan fingerprint density at radius 1 is 1.41 bits per heavy atom. The van der Waals surface area contributed by atoms with Gasteiger partial charge in [0, 0.05) is 5.56 Å². The molecule has 0 spiro atoms. The van der Waals surface area contributed by atoms with E-state index in [9.17, 15) is 12.8 Å². The van der Waals surface area contributed by atoms with Crippen molar-refractivity contribution in [3.05, 3.63) is 41.8 Å². The summed E-state index contributed by atoms with van der Waals surface area (Å²) in [5.41, 5.74) is 0.657. The number of hydrogen-bond donors (Lipinski definition) is 2. The van der Waals surface area contributed by atoms with Gasteiger partial charge in [-0.3, -0.25) is 9.82 Å². The molecular weight excluding hydrogens is 245 g/mol. The van der Waals surface area contributed by atoms with Crippen LogP contribution in [0.25, 0.3) is 0 Å². The Morgan fingerprint density at radius 3 is 2.76 bits per heavy atom. The van der Waals surface area contributed by atoms with E-state index in [4.69, 9.17) is 0 Å². The molecule has 90 valence electrons. The van der Waals surface area contributed by atoms with Crippen LogP contribution in [-0.2, 0) is 10.0 Å². The number of aromatic amines is 1. The highest BCUT2D eigenvalue weighted by atomic mass is 32.2. The Morgan fingerprint density at radius 2 is 2.18 bits per heavy atom. The summed E-state index contributed by atoms with van der Waals surface area (Å²) in [6.45, 7) is 1.70. The van der Waals surface area contributed by atoms with Gasteiger partial charge in [0.25, 0.3) is 10.0 Å². The SMILES string of the molecule is Cc1cn[nH]c1NS(=O)(=O)c1cccc(F)c1. The normalized spacial score (nSPS) is 11.4. The van der Waals surface area contributed by atoms with Crippen LogP contribution in [0.3, 0.4) is 0 Å². The van der Waals surface area contributed by atoms with Crippen molar-refractivity contribution in [3.63, 3.8) is 0 Å². The molecule has 1 heterocycles. The van der Waals surface area contributed by atoms with Crippen LogP contribution in [0.1, 0.15) is 5.56 Å². The van der Waals surface area contributed by atoms with Crippen molar-refractivity contribution in [1.29, 1.82) is 0 Å². The third-order valence-corrected chi connectivity index (χ3v) is 3.52. The largest absolute Gasteiger partial charge is 0.264 e. The van der Waals surface area contributed by atoms with Crippen LogP contribution >= 0.6 is 0 Å². The van der Waals surface area contributed by atoms with E-state index < -0.39 is 15.8 Å². The summed E-state index contributed by atoms with van der Waals surface area (Å²) in [5.74, 6) is -0.330. The first kappa shape index (κ1) is 11.6. The summed E-state index contributed by atoms with van der Waals surface area (Å²) in [5, 5.41) is 6.20. The molecule has 2 aromatic rings. The van der Waals surface area contributed by atoms with E-state index in [0.29, 0.717) is 5.56 Å². The van der Waals surface area contributed by atoms with Crippen molar-refractivity contribution in [2.24, 2.45) is 0 Å². The number of nitrogens with one attached hydrogen (secondary N) is 2. The zero-order chi connectivity index (χ0) is 12.5. The molecule has 17 heavy (non-hydrogen) atoms. The molecule has 0 aliphatic carbocycles. The Hall–Kier alpha value is -1.89. The average molecular weight is 255 g/mol. The Bertz CT molecular complexity index is 637. The number of aromatic nitrogens is 2. The van der Waals surface area contributed by atoms with Crippen molar-refractivity contribution in [1.82, 2.24) is 10.2 Å². The Labute approximate surface area is 97.7 Å². The monoisotopic (exact) mass is 255 g/mol. The number of aryl methyl sites for hydroxylation is 1. The first-order chi connectivity index (χ1) is 7.99. The number of halogens is 1. The maximum absolute atomic E-state index is 12.9. The predicted molar refractivity (Wildman–Crippen MR) is 60.5 cm³/mol. The van der Waals surface area contributed by atoms with E-state index in [-0.39, 0.29) is 10.7 Å². The van der Waals surface area contributed by atoms with Gasteiger partial charge in [0.1, 0.15) is 11.6 Å². The number of rotatable bonds is 3. The third kappa shape index (κ3) is 2.44. The topological polar surface area (TPSA) is 74.8 Å². The lowest BCUT2D eigenvalue weighted by Gasteiger charge is -2.06. The van der Waals surface area contributed by atoms with Gasteiger partial charge in [0.15, 0.2) is 0 Å². The molecule has 2 rings (SSSR count). The molecule has 0 aliphatic rings. The van der Waals surface area contributed by atoms with E-state index in [1.807, 2.05) is 0 Å². The molecule has 0 saturated heterocycles. The summed E-state index contributed by atoms with van der Waals surface area (Å²) in [6, 6.07) is 4.79. The fraction of sp³-hybridized carbons (Fsp3) is 0.100. The molecule has 5 nitrogen and oxygen atoms in total. The van der Waals surface area contributed by atoms with Gasteiger partial charge < -0.3 is 0 Å². The van der Waals surface area contributed by atoms with Gasteiger partial charge in [-0.1, -0.05) is 6.07 Å². The lowest BCUT2D eigenvalue weighted by molar-refractivity contribution is 0.595. The van der Waals surface area contributed by atoms with E-state index in [1.54, 1.807) is 6.92 Å². The molecular formula is C10H10FN3O2S. The van der Waals surface area contributed by atoms with Gasteiger partial charge in [0.05, 0.1) is 11.1 Å². The molecule has 1 aromatic heterocycles. The van der Waals surface area contributed by atoms with E-state index in [1.165, 1.54) is 24.4 Å². The van der Waals surface area contributed by atoms with Gasteiger partial charge >= 0.3 is 0 Å². The smallest absolute Gasteiger partial charge is 0.263 e. The van der Waals surface area contributed by atoms with Crippen LogP contribution in [0, 0.1) is 12.7 Å². The summed E-state index contributed by atoms with van der Waals surface area (Å²) in [6.07, 6.45) is 1.49. The quantitative estimate of drug-likeness (QED) is 0.875. The molecule has 0 saturated carbocycles. The number of hydrogen-bond acceptors (Lipinski definition) is 3. The second kappa shape index (κ2) is 4.17. The van der Waals surface area contributed by atoms with Crippen molar-refractivity contribution in [2.75, 3.05) is 4.72 Å². The van der Waals surface area contributed by atoms with Crippen LogP contribution < -0.4 is 4.72 Å². The van der Waals surface area contributed by atoms with Crippen molar-refractivity contribution >= 4 is 15.8 Å². The van der Waals surface area contributed by atoms with Crippen LogP contribution in [0.2, 0.25) is 0 Å². The third-order valence-electron chi connectivity index (χ3n) is 2.17. The molecule has 1 aromatic carbocycles. The number of sulfonamides is 1. The molecule has 0 unspecified atom stereocenters. The fourth-order valence-corrected chi connectivity index (χ4v) is 2.40. The number of anilines is 1. The molecule has 0 aliphatic heterocycles.